The predicted octanol–water partition coefficient (Wildman–Crippen LogP) is 2.52. The van der Waals surface area contributed by atoms with Gasteiger partial charge in [-0.2, -0.15) is 0 Å². The molecule has 0 spiro atoms. The van der Waals surface area contributed by atoms with Crippen molar-refractivity contribution in [3.8, 4) is 23.0 Å². The Labute approximate surface area is 183 Å². The molecule has 0 saturated heterocycles. The largest absolute Gasteiger partial charge is 0.497 e. The fourth-order valence-corrected chi connectivity index (χ4v) is 3.78. The number of anilines is 1. The van der Waals surface area contributed by atoms with Crippen LogP contribution in [0.5, 0.6) is 11.5 Å². The zero-order valence-electron chi connectivity index (χ0n) is 16.9. The van der Waals surface area contributed by atoms with Crippen LogP contribution in [0.1, 0.15) is 6.92 Å². The summed E-state index contributed by atoms with van der Waals surface area (Å²) in [6.45, 7) is 1.65. The predicted molar refractivity (Wildman–Crippen MR) is 115 cm³/mol. The van der Waals surface area contributed by atoms with Crippen LogP contribution in [0.3, 0.4) is 0 Å². The number of ether oxygens (including phenoxy) is 2. The third kappa shape index (κ3) is 5.54. The molecule has 0 fully saturated rings. The average molecular weight is 465 g/mol. The van der Waals surface area contributed by atoms with E-state index in [1.54, 1.807) is 38.3 Å². The number of rotatable bonds is 8. The number of hydrogen-bond acceptors (Lipinski definition) is 9. The Bertz CT molecular complexity index is 1200. The van der Waals surface area contributed by atoms with Crippen LogP contribution in [-0.2, 0) is 14.8 Å². The molecular weight excluding hydrogens is 444 g/mol. The van der Waals surface area contributed by atoms with Crippen molar-refractivity contribution < 1.29 is 27.1 Å². The molecule has 1 amide bonds. The molecule has 10 nitrogen and oxygen atoms in total. The number of hydrogen-bond donors (Lipinski definition) is 2. The number of benzene rings is 2. The lowest BCUT2D eigenvalue weighted by Crippen LogP contribution is -2.22. The molecule has 0 aliphatic rings. The third-order valence-electron chi connectivity index (χ3n) is 4.12. The summed E-state index contributed by atoms with van der Waals surface area (Å²) in [6.07, 6.45) is 0. The van der Waals surface area contributed by atoms with E-state index >= 15 is 0 Å². The first-order valence-electron chi connectivity index (χ1n) is 8.87. The molecule has 1 heterocycles. The van der Waals surface area contributed by atoms with Crippen LogP contribution >= 0.6 is 11.8 Å². The van der Waals surface area contributed by atoms with Crippen LogP contribution in [0, 0.1) is 0 Å². The van der Waals surface area contributed by atoms with Gasteiger partial charge in [-0.25, -0.2) is 13.6 Å². The third-order valence-corrected chi connectivity index (χ3v) is 5.97. The zero-order valence-corrected chi connectivity index (χ0v) is 18.5. The molecule has 1 aromatic heterocycles. The highest BCUT2D eigenvalue weighted by molar-refractivity contribution is 8.00. The van der Waals surface area contributed by atoms with Gasteiger partial charge in [0.2, 0.25) is 15.9 Å². The summed E-state index contributed by atoms with van der Waals surface area (Å²) < 4.78 is 39.1. The lowest BCUT2D eigenvalue weighted by molar-refractivity contribution is -0.115. The molecule has 1 unspecified atom stereocenters. The van der Waals surface area contributed by atoms with Crippen molar-refractivity contribution in [3.05, 3.63) is 42.5 Å². The van der Waals surface area contributed by atoms with E-state index in [0.717, 1.165) is 11.8 Å². The van der Waals surface area contributed by atoms with Crippen molar-refractivity contribution in [2.45, 2.75) is 22.3 Å². The second kappa shape index (κ2) is 9.37. The van der Waals surface area contributed by atoms with Crippen molar-refractivity contribution >= 4 is 33.4 Å². The normalized spacial score (nSPS) is 12.3. The Morgan fingerprint density at radius 2 is 1.94 bits per heavy atom. The molecule has 12 heteroatoms. The minimum atomic E-state index is -3.87. The Hall–Kier alpha value is -3.09. The number of sulfonamides is 1. The first kappa shape index (κ1) is 22.6. The number of aromatic nitrogens is 2. The molecule has 0 radical (unpaired) electrons. The summed E-state index contributed by atoms with van der Waals surface area (Å²) in [5.74, 6) is 0.973. The van der Waals surface area contributed by atoms with E-state index < -0.39 is 15.3 Å². The number of nitrogens with two attached hydrogens (primary N) is 1. The highest BCUT2D eigenvalue weighted by atomic mass is 32.2. The number of amides is 1. The molecule has 31 heavy (non-hydrogen) atoms. The van der Waals surface area contributed by atoms with E-state index in [2.05, 4.69) is 15.5 Å². The van der Waals surface area contributed by atoms with Gasteiger partial charge >= 0.3 is 0 Å². The number of carbonyl (C=O) groups excluding carboxylic acids is 1. The zero-order chi connectivity index (χ0) is 22.6. The fourth-order valence-electron chi connectivity index (χ4n) is 2.54. The fraction of sp³-hybridized carbons (Fsp3) is 0.211. The van der Waals surface area contributed by atoms with Gasteiger partial charge in [0.15, 0.2) is 0 Å². The number of methoxy groups -OCH3 is 2. The van der Waals surface area contributed by atoms with Crippen LogP contribution < -0.4 is 19.9 Å². The summed E-state index contributed by atoms with van der Waals surface area (Å²) in [5.41, 5.74) is 0.887. The molecule has 0 bridgehead atoms. The van der Waals surface area contributed by atoms with E-state index in [0.29, 0.717) is 22.7 Å². The molecule has 3 rings (SSSR count). The van der Waals surface area contributed by atoms with E-state index in [4.69, 9.17) is 19.0 Å². The van der Waals surface area contributed by atoms with E-state index in [1.165, 1.54) is 25.3 Å². The summed E-state index contributed by atoms with van der Waals surface area (Å²) in [6, 6.07) is 10.8. The van der Waals surface area contributed by atoms with Gasteiger partial charge in [0.05, 0.1) is 29.9 Å². The van der Waals surface area contributed by atoms with Gasteiger partial charge in [0, 0.05) is 11.8 Å². The van der Waals surface area contributed by atoms with Gasteiger partial charge in [-0.15, -0.1) is 10.2 Å². The van der Waals surface area contributed by atoms with Crippen LogP contribution in [0.25, 0.3) is 11.5 Å². The van der Waals surface area contributed by atoms with Gasteiger partial charge in [-0.05, 0) is 37.3 Å². The van der Waals surface area contributed by atoms with Crippen LogP contribution in [0.15, 0.2) is 57.0 Å². The van der Waals surface area contributed by atoms with Crippen LogP contribution in [0.2, 0.25) is 0 Å². The number of primary sulfonamides is 1. The van der Waals surface area contributed by atoms with E-state index in [9.17, 15) is 13.2 Å². The molecule has 0 aliphatic carbocycles. The van der Waals surface area contributed by atoms with Gasteiger partial charge in [0.1, 0.15) is 11.5 Å². The minimum Gasteiger partial charge on any atom is -0.497 e. The standard InChI is InChI=1S/C19H20N4O6S2/c1-11(17(24)21-12-5-4-6-14(9-12)31(20,25)26)30-19-23-22-18(29-19)15-8-7-13(27-2)10-16(15)28-3/h4-11H,1-3H3,(H,21,24)(H2,20,25,26). The molecular formula is C19H20N4O6S2. The minimum absolute atomic E-state index is 0.0967. The number of nitrogens with one attached hydrogen (secondary N) is 1. The second-order valence-electron chi connectivity index (χ2n) is 6.26. The first-order valence-corrected chi connectivity index (χ1v) is 11.3. The first-order chi connectivity index (χ1) is 14.7. The average Bonchev–Trinajstić information content (AvgIpc) is 3.20. The van der Waals surface area contributed by atoms with Crippen molar-refractivity contribution in [2.24, 2.45) is 5.14 Å². The molecule has 0 aliphatic heterocycles. The van der Waals surface area contributed by atoms with Crippen molar-refractivity contribution in [2.75, 3.05) is 19.5 Å². The summed E-state index contributed by atoms with van der Waals surface area (Å²) in [7, 11) is -0.807. The maximum absolute atomic E-state index is 12.5. The molecule has 3 aromatic rings. The topological polar surface area (TPSA) is 147 Å². The van der Waals surface area contributed by atoms with E-state index in [1.807, 2.05) is 0 Å². The van der Waals surface area contributed by atoms with Gasteiger partial charge < -0.3 is 19.2 Å². The Morgan fingerprint density at radius 1 is 1.16 bits per heavy atom. The number of thioether (sulfide) groups is 1. The lowest BCUT2D eigenvalue weighted by atomic mass is 10.2. The van der Waals surface area contributed by atoms with Crippen molar-refractivity contribution in [1.29, 1.82) is 0 Å². The lowest BCUT2D eigenvalue weighted by Gasteiger charge is -2.10. The van der Waals surface area contributed by atoms with Crippen LogP contribution in [-0.4, -0.2) is 44.0 Å². The van der Waals surface area contributed by atoms with E-state index in [-0.39, 0.29) is 21.9 Å². The molecule has 164 valence electrons. The van der Waals surface area contributed by atoms with Crippen molar-refractivity contribution in [1.82, 2.24) is 10.2 Å². The Balaban J connectivity index is 1.70. The van der Waals surface area contributed by atoms with Gasteiger partial charge in [0.25, 0.3) is 11.1 Å². The van der Waals surface area contributed by atoms with Gasteiger partial charge in [-0.3, -0.25) is 4.79 Å². The smallest absolute Gasteiger partial charge is 0.277 e. The van der Waals surface area contributed by atoms with Crippen LogP contribution in [0.4, 0.5) is 5.69 Å². The molecule has 2 aromatic carbocycles. The monoisotopic (exact) mass is 464 g/mol. The molecule has 0 saturated carbocycles. The highest BCUT2D eigenvalue weighted by Gasteiger charge is 2.21. The Kier molecular flexibility index (Phi) is 6.83. The summed E-state index contributed by atoms with van der Waals surface area (Å²) in [4.78, 5) is 12.4. The second-order valence-corrected chi connectivity index (χ2v) is 9.11. The summed E-state index contributed by atoms with van der Waals surface area (Å²) >= 11 is 1.06. The van der Waals surface area contributed by atoms with Crippen molar-refractivity contribution in [3.63, 3.8) is 0 Å². The maximum Gasteiger partial charge on any atom is 0.277 e. The number of nitrogens with zero attached hydrogens (tertiary/aromatic N) is 2. The molecule has 3 N–H and O–H groups in total. The van der Waals surface area contributed by atoms with Gasteiger partial charge in [-0.1, -0.05) is 17.8 Å². The SMILES string of the molecule is COc1ccc(-c2nnc(SC(C)C(=O)Nc3cccc(S(N)(=O)=O)c3)o2)c(OC)c1. The Morgan fingerprint density at radius 3 is 2.61 bits per heavy atom. The quantitative estimate of drug-likeness (QED) is 0.480. The maximum atomic E-state index is 12.5. The molecule has 1 atom stereocenters. The highest BCUT2D eigenvalue weighted by Crippen LogP contribution is 2.34. The summed E-state index contributed by atoms with van der Waals surface area (Å²) in [5, 5.41) is 15.3. The number of carbonyl (C=O) groups is 1.